The Morgan fingerprint density at radius 2 is 2.25 bits per heavy atom. The molecule has 1 aliphatic heterocycles. The summed E-state index contributed by atoms with van der Waals surface area (Å²) in [5.41, 5.74) is 3.50. The van der Waals surface area contributed by atoms with Crippen LogP contribution in [0.25, 0.3) is 10.9 Å². The van der Waals surface area contributed by atoms with Gasteiger partial charge in [0.25, 0.3) is 0 Å². The number of hydrogen-bond acceptors (Lipinski definition) is 4. The van der Waals surface area contributed by atoms with Gasteiger partial charge in [-0.05, 0) is 44.0 Å². The van der Waals surface area contributed by atoms with Gasteiger partial charge in [-0.2, -0.15) is 0 Å². The Hall–Kier alpha value is -1.59. The van der Waals surface area contributed by atoms with E-state index in [1.807, 2.05) is 0 Å². The van der Waals surface area contributed by atoms with Gasteiger partial charge in [0.1, 0.15) is 0 Å². The van der Waals surface area contributed by atoms with Gasteiger partial charge < -0.3 is 10.1 Å². The molecular formula is C19H24N2O2S. The van der Waals surface area contributed by atoms with Crippen molar-refractivity contribution in [2.45, 2.75) is 31.7 Å². The number of rotatable bonds is 6. The third-order valence-corrected chi connectivity index (χ3v) is 5.25. The maximum Gasteiger partial charge on any atom is 0.220 e. The van der Waals surface area contributed by atoms with Gasteiger partial charge in [-0.25, -0.2) is 4.98 Å². The zero-order valence-electron chi connectivity index (χ0n) is 14.3. The Bertz CT molecular complexity index is 727. The SMILES string of the molecule is Cc1ccc2nc(SCCC(=O)NC[C@@H]3CCOC3)cc(C)c2c1. The number of carbonyl (C=O) groups excluding carboxylic acids is 1. The molecule has 3 rings (SSSR count). The summed E-state index contributed by atoms with van der Waals surface area (Å²) in [7, 11) is 0. The largest absolute Gasteiger partial charge is 0.381 e. The number of fused-ring (bicyclic) bond motifs is 1. The highest BCUT2D eigenvalue weighted by Crippen LogP contribution is 2.24. The minimum absolute atomic E-state index is 0.113. The highest BCUT2D eigenvalue weighted by molar-refractivity contribution is 7.99. The quantitative estimate of drug-likeness (QED) is 0.815. The van der Waals surface area contributed by atoms with Crippen molar-refractivity contribution >= 4 is 28.6 Å². The molecule has 1 amide bonds. The van der Waals surface area contributed by atoms with Gasteiger partial charge in [-0.1, -0.05) is 11.6 Å². The average molecular weight is 344 g/mol. The number of aryl methyl sites for hydroxylation is 2. The van der Waals surface area contributed by atoms with Crippen LogP contribution in [-0.4, -0.2) is 36.4 Å². The van der Waals surface area contributed by atoms with Crippen molar-refractivity contribution in [3.63, 3.8) is 0 Å². The van der Waals surface area contributed by atoms with Gasteiger partial charge in [0, 0.05) is 36.6 Å². The van der Waals surface area contributed by atoms with Crippen molar-refractivity contribution < 1.29 is 9.53 Å². The molecule has 1 aliphatic rings. The Balaban J connectivity index is 1.50. The second-order valence-corrected chi connectivity index (χ2v) is 7.55. The first-order chi connectivity index (χ1) is 11.6. The number of pyridine rings is 1. The van der Waals surface area contributed by atoms with Crippen LogP contribution in [0, 0.1) is 19.8 Å². The zero-order chi connectivity index (χ0) is 16.9. The van der Waals surface area contributed by atoms with E-state index in [1.165, 1.54) is 16.5 Å². The number of amides is 1. The van der Waals surface area contributed by atoms with Gasteiger partial charge in [0.15, 0.2) is 0 Å². The fourth-order valence-corrected chi connectivity index (χ4v) is 3.81. The Labute approximate surface area is 147 Å². The van der Waals surface area contributed by atoms with Crippen LogP contribution >= 0.6 is 11.8 Å². The molecule has 1 atom stereocenters. The fraction of sp³-hybridized carbons (Fsp3) is 0.474. The number of hydrogen-bond donors (Lipinski definition) is 1. The molecule has 1 saturated heterocycles. The minimum Gasteiger partial charge on any atom is -0.381 e. The first-order valence-corrected chi connectivity index (χ1v) is 9.45. The van der Waals surface area contributed by atoms with Crippen LogP contribution < -0.4 is 5.32 Å². The number of ether oxygens (including phenoxy) is 1. The number of thioether (sulfide) groups is 1. The third-order valence-electron chi connectivity index (χ3n) is 4.34. The van der Waals surface area contributed by atoms with E-state index < -0.39 is 0 Å². The second kappa shape index (κ2) is 7.99. The molecule has 0 unspecified atom stereocenters. The van der Waals surface area contributed by atoms with Crippen molar-refractivity contribution in [3.05, 3.63) is 35.4 Å². The Kier molecular flexibility index (Phi) is 5.74. The number of nitrogens with one attached hydrogen (secondary N) is 1. The summed E-state index contributed by atoms with van der Waals surface area (Å²) in [5, 5.41) is 5.20. The van der Waals surface area contributed by atoms with Crippen LogP contribution in [0.1, 0.15) is 24.0 Å². The first-order valence-electron chi connectivity index (χ1n) is 8.47. The lowest BCUT2D eigenvalue weighted by Gasteiger charge is -2.10. The van der Waals surface area contributed by atoms with Crippen molar-refractivity contribution in [1.29, 1.82) is 0 Å². The monoisotopic (exact) mass is 344 g/mol. The van der Waals surface area contributed by atoms with Gasteiger partial charge in [-0.3, -0.25) is 4.79 Å². The van der Waals surface area contributed by atoms with Gasteiger partial charge in [0.05, 0.1) is 17.1 Å². The van der Waals surface area contributed by atoms with Gasteiger partial charge in [-0.15, -0.1) is 11.8 Å². The van der Waals surface area contributed by atoms with E-state index in [0.717, 1.165) is 42.5 Å². The van der Waals surface area contributed by atoms with E-state index in [4.69, 9.17) is 9.72 Å². The molecule has 0 bridgehead atoms. The van der Waals surface area contributed by atoms with Crippen LogP contribution in [0.15, 0.2) is 29.3 Å². The van der Waals surface area contributed by atoms with Crippen LogP contribution in [0.3, 0.4) is 0 Å². The minimum atomic E-state index is 0.113. The number of nitrogens with zero attached hydrogens (tertiary/aromatic N) is 1. The molecule has 128 valence electrons. The Morgan fingerprint density at radius 3 is 3.04 bits per heavy atom. The van der Waals surface area contributed by atoms with Gasteiger partial charge >= 0.3 is 0 Å². The maximum absolute atomic E-state index is 11.9. The highest BCUT2D eigenvalue weighted by Gasteiger charge is 2.16. The molecular weight excluding hydrogens is 320 g/mol. The standard InChI is InChI=1S/C19H24N2O2S/c1-13-3-4-17-16(9-13)14(2)10-19(21-17)24-8-6-18(22)20-11-15-5-7-23-12-15/h3-4,9-10,15H,5-8,11-12H2,1-2H3,(H,20,22)/t15-/m0/s1. The van der Waals surface area contributed by atoms with E-state index in [1.54, 1.807) is 11.8 Å². The lowest BCUT2D eigenvalue weighted by molar-refractivity contribution is -0.120. The lowest BCUT2D eigenvalue weighted by atomic mass is 10.1. The van der Waals surface area contributed by atoms with E-state index in [2.05, 4.69) is 43.4 Å². The van der Waals surface area contributed by atoms with Crippen LogP contribution in [0.4, 0.5) is 0 Å². The van der Waals surface area contributed by atoms with E-state index in [-0.39, 0.29) is 5.91 Å². The molecule has 1 fully saturated rings. The Morgan fingerprint density at radius 1 is 1.38 bits per heavy atom. The topological polar surface area (TPSA) is 51.2 Å². The molecule has 1 N–H and O–H groups in total. The maximum atomic E-state index is 11.9. The number of aromatic nitrogens is 1. The summed E-state index contributed by atoms with van der Waals surface area (Å²) in [4.78, 5) is 16.6. The smallest absolute Gasteiger partial charge is 0.220 e. The van der Waals surface area contributed by atoms with Crippen LogP contribution in [0.2, 0.25) is 0 Å². The molecule has 5 heteroatoms. The molecule has 4 nitrogen and oxygen atoms in total. The first kappa shape index (κ1) is 17.2. The zero-order valence-corrected chi connectivity index (χ0v) is 15.1. The normalized spacial score (nSPS) is 17.3. The van der Waals surface area contributed by atoms with Crippen molar-refractivity contribution in [1.82, 2.24) is 10.3 Å². The van der Waals surface area contributed by atoms with Crippen molar-refractivity contribution in [2.24, 2.45) is 5.92 Å². The third kappa shape index (κ3) is 4.48. The van der Waals surface area contributed by atoms with E-state index in [9.17, 15) is 4.79 Å². The predicted octanol–water partition coefficient (Wildman–Crippen LogP) is 3.49. The molecule has 2 aromatic rings. The molecule has 0 spiro atoms. The van der Waals surface area contributed by atoms with Gasteiger partial charge in [0.2, 0.25) is 5.91 Å². The molecule has 2 heterocycles. The fourth-order valence-electron chi connectivity index (χ4n) is 2.89. The summed E-state index contributed by atoms with van der Waals surface area (Å²) >= 11 is 1.64. The summed E-state index contributed by atoms with van der Waals surface area (Å²) in [6.07, 6.45) is 1.57. The van der Waals surface area contributed by atoms with Crippen LogP contribution in [-0.2, 0) is 9.53 Å². The molecule has 1 aromatic carbocycles. The van der Waals surface area contributed by atoms with Crippen LogP contribution in [0.5, 0.6) is 0 Å². The summed E-state index contributed by atoms with van der Waals surface area (Å²) in [6.45, 7) is 6.54. The summed E-state index contributed by atoms with van der Waals surface area (Å²) in [6, 6.07) is 8.44. The second-order valence-electron chi connectivity index (χ2n) is 6.43. The van der Waals surface area contributed by atoms with Crippen molar-refractivity contribution in [3.8, 4) is 0 Å². The number of carbonyl (C=O) groups is 1. The van der Waals surface area contributed by atoms with Crippen molar-refractivity contribution in [2.75, 3.05) is 25.5 Å². The summed E-state index contributed by atoms with van der Waals surface area (Å²) < 4.78 is 5.32. The molecule has 0 saturated carbocycles. The molecule has 24 heavy (non-hydrogen) atoms. The average Bonchev–Trinajstić information content (AvgIpc) is 3.07. The van der Waals surface area contributed by atoms with E-state index >= 15 is 0 Å². The predicted molar refractivity (Wildman–Crippen MR) is 98.5 cm³/mol. The highest BCUT2D eigenvalue weighted by atomic mass is 32.2. The molecule has 0 radical (unpaired) electrons. The summed E-state index contributed by atoms with van der Waals surface area (Å²) in [5.74, 6) is 1.34. The van der Waals surface area contributed by atoms with E-state index in [0.29, 0.717) is 12.3 Å². The molecule has 1 aromatic heterocycles. The lowest BCUT2D eigenvalue weighted by Crippen LogP contribution is -2.29. The number of benzene rings is 1. The molecule has 0 aliphatic carbocycles.